The molecular formula is C27H41N5O5. The summed E-state index contributed by atoms with van der Waals surface area (Å²) in [7, 11) is 1.36. The number of nitrogens with two attached hydrogens (primary N) is 1. The third-order valence-corrected chi connectivity index (χ3v) is 8.08. The summed E-state index contributed by atoms with van der Waals surface area (Å²) >= 11 is 0. The van der Waals surface area contributed by atoms with Crippen LogP contribution in [0.15, 0.2) is 18.2 Å². The fraction of sp³-hybridized carbons (Fsp3) is 0.667. The summed E-state index contributed by atoms with van der Waals surface area (Å²) in [4.78, 5) is 41.1. The van der Waals surface area contributed by atoms with Crippen LogP contribution in [0.25, 0.3) is 0 Å². The molecule has 4 rings (SSSR count). The molecule has 2 bridgehead atoms. The van der Waals surface area contributed by atoms with E-state index >= 15 is 0 Å². The maximum atomic E-state index is 13.2. The molecule has 3 heterocycles. The van der Waals surface area contributed by atoms with Gasteiger partial charge in [0, 0.05) is 25.0 Å². The smallest absolute Gasteiger partial charge is 0.414 e. The Morgan fingerprint density at radius 2 is 1.89 bits per heavy atom. The minimum Gasteiger partial charge on any atom is -0.452 e. The topological polar surface area (TPSA) is 109 Å². The minimum absolute atomic E-state index is 0.184. The lowest BCUT2D eigenvalue weighted by Crippen LogP contribution is -2.52. The highest BCUT2D eigenvalue weighted by atomic mass is 16.6. The number of benzene rings is 1. The number of fused-ring (bicyclic) bond motifs is 3. The van der Waals surface area contributed by atoms with E-state index in [2.05, 4.69) is 29.1 Å². The van der Waals surface area contributed by atoms with Crippen LogP contribution >= 0.6 is 0 Å². The zero-order chi connectivity index (χ0) is 26.9. The lowest BCUT2D eigenvalue weighted by molar-refractivity contribution is -0.122. The van der Waals surface area contributed by atoms with Gasteiger partial charge >= 0.3 is 12.2 Å². The van der Waals surface area contributed by atoms with Crippen molar-refractivity contribution >= 4 is 29.5 Å². The van der Waals surface area contributed by atoms with Crippen molar-refractivity contribution < 1.29 is 23.9 Å². The van der Waals surface area contributed by atoms with E-state index in [-0.39, 0.29) is 30.0 Å². The van der Waals surface area contributed by atoms with Crippen molar-refractivity contribution in [2.24, 2.45) is 11.7 Å². The molecular weight excluding hydrogens is 474 g/mol. The maximum Gasteiger partial charge on any atom is 0.414 e. The molecule has 4 unspecified atom stereocenters. The van der Waals surface area contributed by atoms with E-state index in [1.165, 1.54) is 7.11 Å². The first-order chi connectivity index (χ1) is 17.6. The molecule has 0 aliphatic carbocycles. The molecule has 4 atom stereocenters. The monoisotopic (exact) mass is 515 g/mol. The largest absolute Gasteiger partial charge is 0.452 e. The van der Waals surface area contributed by atoms with E-state index < -0.39 is 12.2 Å². The van der Waals surface area contributed by atoms with Gasteiger partial charge in [0.15, 0.2) is 0 Å². The number of hydrazine groups is 1. The molecule has 0 spiro atoms. The third kappa shape index (κ3) is 5.13. The van der Waals surface area contributed by atoms with Crippen LogP contribution in [0.1, 0.15) is 58.9 Å². The van der Waals surface area contributed by atoms with Crippen LogP contribution in [-0.2, 0) is 19.7 Å². The molecule has 0 radical (unpaired) electrons. The number of hydrogen-bond donors (Lipinski definition) is 1. The van der Waals surface area contributed by atoms with Crippen molar-refractivity contribution in [3.63, 3.8) is 0 Å². The molecule has 3 aliphatic heterocycles. The summed E-state index contributed by atoms with van der Waals surface area (Å²) in [6.07, 6.45) is 3.12. The van der Waals surface area contributed by atoms with Gasteiger partial charge in [0.25, 0.3) is 0 Å². The second-order valence-corrected chi connectivity index (χ2v) is 10.9. The summed E-state index contributed by atoms with van der Waals surface area (Å²) in [5, 5.41) is 4.38. The van der Waals surface area contributed by atoms with Gasteiger partial charge in [-0.25, -0.2) is 19.6 Å². The number of amides is 3. The van der Waals surface area contributed by atoms with E-state index in [4.69, 9.17) is 15.2 Å². The third-order valence-electron chi connectivity index (χ3n) is 8.08. The molecule has 10 heteroatoms. The van der Waals surface area contributed by atoms with Crippen LogP contribution in [0.4, 0.5) is 21.0 Å². The zero-order valence-corrected chi connectivity index (χ0v) is 22.7. The Morgan fingerprint density at radius 1 is 1.14 bits per heavy atom. The maximum absolute atomic E-state index is 13.2. The van der Waals surface area contributed by atoms with Crippen molar-refractivity contribution in [1.29, 1.82) is 0 Å². The number of hydrogen-bond acceptors (Lipinski definition) is 7. The van der Waals surface area contributed by atoms with Crippen LogP contribution in [0.5, 0.6) is 0 Å². The van der Waals surface area contributed by atoms with Crippen LogP contribution < -0.4 is 15.5 Å². The predicted molar refractivity (Wildman–Crippen MR) is 141 cm³/mol. The highest BCUT2D eigenvalue weighted by Gasteiger charge is 2.50. The summed E-state index contributed by atoms with van der Waals surface area (Å²) < 4.78 is 10.7. The Balaban J connectivity index is 1.84. The van der Waals surface area contributed by atoms with Crippen molar-refractivity contribution in [3.05, 3.63) is 23.8 Å². The first-order valence-electron chi connectivity index (χ1n) is 13.4. The summed E-state index contributed by atoms with van der Waals surface area (Å²) in [6.45, 7) is 10.6. The first kappa shape index (κ1) is 27.2. The van der Waals surface area contributed by atoms with E-state index in [0.29, 0.717) is 30.4 Å². The molecule has 204 valence electrons. The molecule has 1 aromatic carbocycles. The van der Waals surface area contributed by atoms with Crippen molar-refractivity contribution in [3.8, 4) is 0 Å². The van der Waals surface area contributed by atoms with Gasteiger partial charge in [-0.1, -0.05) is 25.8 Å². The molecule has 1 aromatic rings. The van der Waals surface area contributed by atoms with Crippen LogP contribution in [-0.4, -0.2) is 80.1 Å². The molecule has 10 nitrogen and oxygen atoms in total. The standard InChI is InChI=1S/C27H41N5O5/c1-6-20-9-7-8-12-29-16-27(20,17-30(29)15-24(28)33)21-10-11-22-23(13-21)31(25(34)37-18(2)3)14-19(4)32(22)26(35)36-5/h10-11,13,18-20H,6-9,12,14-17H2,1-5H3,(H2,28,33). The molecule has 3 aliphatic rings. The van der Waals surface area contributed by atoms with Gasteiger partial charge < -0.3 is 15.2 Å². The zero-order valence-electron chi connectivity index (χ0n) is 22.7. The van der Waals surface area contributed by atoms with Crippen molar-refractivity contribution in [2.45, 2.75) is 70.9 Å². The van der Waals surface area contributed by atoms with Gasteiger partial charge in [-0.15, -0.1) is 0 Å². The average Bonchev–Trinajstić information content (AvgIpc) is 3.21. The normalized spacial score (nSPS) is 27.9. The second kappa shape index (κ2) is 10.9. The fourth-order valence-electron chi connectivity index (χ4n) is 6.44. The number of nitrogens with zero attached hydrogens (tertiary/aromatic N) is 4. The molecule has 0 saturated carbocycles. The van der Waals surface area contributed by atoms with Gasteiger partial charge in [-0.3, -0.25) is 14.6 Å². The van der Waals surface area contributed by atoms with Crippen LogP contribution in [0.2, 0.25) is 0 Å². The lowest BCUT2D eigenvalue weighted by Gasteiger charge is -2.42. The van der Waals surface area contributed by atoms with Gasteiger partial charge in [0.2, 0.25) is 5.91 Å². The number of rotatable bonds is 5. The van der Waals surface area contributed by atoms with E-state index in [1.54, 1.807) is 9.80 Å². The number of anilines is 2. The second-order valence-electron chi connectivity index (χ2n) is 10.9. The van der Waals surface area contributed by atoms with E-state index in [1.807, 2.05) is 26.8 Å². The van der Waals surface area contributed by atoms with Gasteiger partial charge in [-0.05, 0) is 57.2 Å². The molecule has 3 amide bonds. The molecule has 2 N–H and O–H groups in total. The molecule has 0 aromatic heterocycles. The number of primary amides is 1. The van der Waals surface area contributed by atoms with Gasteiger partial charge in [0.05, 0.1) is 43.7 Å². The summed E-state index contributed by atoms with van der Waals surface area (Å²) in [5.41, 5.74) is 7.73. The van der Waals surface area contributed by atoms with Crippen LogP contribution in [0.3, 0.4) is 0 Å². The molecule has 2 fully saturated rings. The fourth-order valence-corrected chi connectivity index (χ4v) is 6.44. The Morgan fingerprint density at radius 3 is 2.54 bits per heavy atom. The lowest BCUT2D eigenvalue weighted by atomic mass is 9.67. The highest BCUT2D eigenvalue weighted by Crippen LogP contribution is 2.47. The SMILES string of the molecule is CCC1CCCCN2CC1(c1ccc3c(c1)N(C(=O)OC(C)C)CC(C)N3C(=O)OC)CN2CC(N)=O. The Bertz CT molecular complexity index is 1030. The first-order valence-corrected chi connectivity index (χ1v) is 13.4. The van der Waals surface area contributed by atoms with E-state index in [9.17, 15) is 14.4 Å². The quantitative estimate of drug-likeness (QED) is 0.640. The Hall–Kier alpha value is -2.85. The number of carbonyl (C=O) groups is 3. The Labute approximate surface area is 219 Å². The molecule has 2 saturated heterocycles. The average molecular weight is 516 g/mol. The molecule has 37 heavy (non-hydrogen) atoms. The number of methoxy groups -OCH3 is 1. The van der Waals surface area contributed by atoms with E-state index in [0.717, 1.165) is 44.3 Å². The van der Waals surface area contributed by atoms with Crippen molar-refractivity contribution in [2.75, 3.05) is 49.6 Å². The summed E-state index contributed by atoms with van der Waals surface area (Å²) in [5.74, 6) is 0.0466. The Kier molecular flexibility index (Phi) is 7.99. The number of carbonyl (C=O) groups excluding carboxylic acids is 3. The van der Waals surface area contributed by atoms with Gasteiger partial charge in [-0.2, -0.15) is 0 Å². The van der Waals surface area contributed by atoms with Gasteiger partial charge in [0.1, 0.15) is 0 Å². The number of ether oxygens (including phenoxy) is 2. The van der Waals surface area contributed by atoms with Crippen molar-refractivity contribution in [1.82, 2.24) is 10.0 Å². The summed E-state index contributed by atoms with van der Waals surface area (Å²) in [6, 6.07) is 5.76. The minimum atomic E-state index is -0.464. The van der Waals surface area contributed by atoms with Crippen LogP contribution in [0, 0.1) is 5.92 Å². The predicted octanol–water partition coefficient (Wildman–Crippen LogP) is 3.48. The highest BCUT2D eigenvalue weighted by molar-refractivity contribution is 6.01.